The molecule has 1 aliphatic heterocycles. The van der Waals surface area contributed by atoms with Crippen molar-refractivity contribution in [2.75, 3.05) is 13.2 Å². The van der Waals surface area contributed by atoms with E-state index in [1.807, 2.05) is 36.4 Å². The van der Waals surface area contributed by atoms with Gasteiger partial charge in [0, 0.05) is 17.5 Å². The first kappa shape index (κ1) is 15.4. The Kier molecular flexibility index (Phi) is 4.81. The second-order valence-electron chi connectivity index (χ2n) is 5.57. The number of carbonyl (C=O) groups excluding carboxylic acids is 1. The van der Waals surface area contributed by atoms with Gasteiger partial charge >= 0.3 is 0 Å². The van der Waals surface area contributed by atoms with Crippen LogP contribution in [0.2, 0.25) is 0 Å². The van der Waals surface area contributed by atoms with E-state index in [0.29, 0.717) is 18.8 Å². The molecule has 0 aromatic heterocycles. The molecule has 0 unspecified atom stereocenters. The Balaban J connectivity index is 1.68. The van der Waals surface area contributed by atoms with Gasteiger partial charge < -0.3 is 14.8 Å². The van der Waals surface area contributed by atoms with Crippen molar-refractivity contribution in [3.8, 4) is 11.5 Å². The minimum Gasteiger partial charge on any atom is -0.494 e. The van der Waals surface area contributed by atoms with Crippen LogP contribution in [0.4, 0.5) is 0 Å². The molecule has 3 rings (SSSR count). The van der Waals surface area contributed by atoms with Crippen LogP contribution >= 0.6 is 0 Å². The molecule has 2 aromatic rings. The average Bonchev–Trinajstić information content (AvgIpc) is 2.60. The van der Waals surface area contributed by atoms with Gasteiger partial charge in [-0.15, -0.1) is 0 Å². The van der Waals surface area contributed by atoms with Crippen molar-refractivity contribution < 1.29 is 14.3 Å². The lowest BCUT2D eigenvalue weighted by molar-refractivity contribution is 0.0925. The van der Waals surface area contributed by atoms with E-state index in [0.717, 1.165) is 29.9 Å². The normalized spacial score (nSPS) is 16.1. The largest absolute Gasteiger partial charge is 0.494 e. The number of hydrogen-bond donors (Lipinski definition) is 1. The molecule has 1 N–H and O–H groups in total. The smallest absolute Gasteiger partial charge is 0.251 e. The minimum atomic E-state index is -0.0752. The van der Waals surface area contributed by atoms with Crippen molar-refractivity contribution >= 4 is 5.91 Å². The summed E-state index contributed by atoms with van der Waals surface area (Å²) >= 11 is 0. The van der Waals surface area contributed by atoms with E-state index in [-0.39, 0.29) is 11.9 Å². The van der Waals surface area contributed by atoms with Crippen molar-refractivity contribution in [3.63, 3.8) is 0 Å². The molecule has 0 aliphatic carbocycles. The van der Waals surface area contributed by atoms with Gasteiger partial charge in [0.05, 0.1) is 19.3 Å². The van der Waals surface area contributed by atoms with Crippen molar-refractivity contribution in [1.29, 1.82) is 0 Å². The number of para-hydroxylation sites is 1. The quantitative estimate of drug-likeness (QED) is 0.915. The molecule has 1 heterocycles. The van der Waals surface area contributed by atoms with E-state index in [4.69, 9.17) is 9.47 Å². The highest BCUT2D eigenvalue weighted by molar-refractivity contribution is 5.94. The second-order valence-corrected chi connectivity index (χ2v) is 5.57. The molecule has 120 valence electrons. The Morgan fingerprint density at radius 3 is 2.78 bits per heavy atom. The highest BCUT2D eigenvalue weighted by Crippen LogP contribution is 2.31. The van der Waals surface area contributed by atoms with E-state index in [2.05, 4.69) is 12.2 Å². The Bertz CT molecular complexity index is 667. The fraction of sp³-hybridized carbons (Fsp3) is 0.316. The van der Waals surface area contributed by atoms with Crippen LogP contribution in [0.3, 0.4) is 0 Å². The number of fused-ring (bicyclic) bond motifs is 1. The molecule has 23 heavy (non-hydrogen) atoms. The van der Waals surface area contributed by atoms with Gasteiger partial charge in [0.25, 0.3) is 5.91 Å². The fourth-order valence-corrected chi connectivity index (χ4v) is 2.66. The predicted molar refractivity (Wildman–Crippen MR) is 89.0 cm³/mol. The van der Waals surface area contributed by atoms with Gasteiger partial charge in [0.1, 0.15) is 11.5 Å². The summed E-state index contributed by atoms with van der Waals surface area (Å²) in [5.74, 6) is 1.57. The molecular weight excluding hydrogens is 290 g/mol. The summed E-state index contributed by atoms with van der Waals surface area (Å²) < 4.78 is 11.2. The van der Waals surface area contributed by atoms with Crippen LogP contribution in [0.5, 0.6) is 11.5 Å². The lowest BCUT2D eigenvalue weighted by Crippen LogP contribution is -2.32. The van der Waals surface area contributed by atoms with E-state index >= 15 is 0 Å². The number of benzene rings is 2. The number of rotatable bonds is 5. The molecule has 0 spiro atoms. The lowest BCUT2D eigenvalue weighted by Gasteiger charge is -2.26. The number of carbonyl (C=O) groups is 1. The highest BCUT2D eigenvalue weighted by atomic mass is 16.5. The van der Waals surface area contributed by atoms with Crippen molar-refractivity contribution in [1.82, 2.24) is 5.32 Å². The van der Waals surface area contributed by atoms with Crippen molar-refractivity contribution in [3.05, 3.63) is 59.7 Å². The minimum absolute atomic E-state index is 0.0107. The van der Waals surface area contributed by atoms with Gasteiger partial charge in [-0.05, 0) is 36.8 Å². The highest BCUT2D eigenvalue weighted by Gasteiger charge is 2.22. The summed E-state index contributed by atoms with van der Waals surface area (Å²) in [5, 5.41) is 3.09. The molecule has 2 aromatic carbocycles. The van der Waals surface area contributed by atoms with Gasteiger partial charge in [-0.1, -0.05) is 25.1 Å². The Hall–Kier alpha value is -2.49. The molecule has 0 radical (unpaired) electrons. The Morgan fingerprint density at radius 2 is 2.00 bits per heavy atom. The van der Waals surface area contributed by atoms with Gasteiger partial charge in [-0.2, -0.15) is 0 Å². The van der Waals surface area contributed by atoms with E-state index < -0.39 is 0 Å². The Labute approximate surface area is 136 Å². The summed E-state index contributed by atoms with van der Waals surface area (Å²) in [5.41, 5.74) is 1.67. The number of nitrogens with one attached hydrogen (secondary N) is 1. The van der Waals surface area contributed by atoms with Gasteiger partial charge in [-0.3, -0.25) is 4.79 Å². The molecule has 4 nitrogen and oxygen atoms in total. The van der Waals surface area contributed by atoms with Crippen LogP contribution in [-0.4, -0.2) is 19.1 Å². The monoisotopic (exact) mass is 311 g/mol. The fourth-order valence-electron chi connectivity index (χ4n) is 2.66. The van der Waals surface area contributed by atoms with Crippen LogP contribution < -0.4 is 14.8 Å². The van der Waals surface area contributed by atoms with Crippen LogP contribution in [0.25, 0.3) is 0 Å². The summed E-state index contributed by atoms with van der Waals surface area (Å²) in [4.78, 5) is 12.5. The first-order valence-electron chi connectivity index (χ1n) is 8.03. The third-order valence-corrected chi connectivity index (χ3v) is 3.85. The zero-order valence-corrected chi connectivity index (χ0v) is 13.2. The predicted octanol–water partition coefficient (Wildman–Crippen LogP) is 3.73. The summed E-state index contributed by atoms with van der Waals surface area (Å²) in [6.07, 6.45) is 1.74. The zero-order valence-electron chi connectivity index (χ0n) is 13.2. The maximum Gasteiger partial charge on any atom is 0.251 e. The SMILES string of the molecule is CCCOc1ccc(C(=O)N[C@H]2CCOc3ccccc32)cc1. The Morgan fingerprint density at radius 1 is 1.22 bits per heavy atom. The third-order valence-electron chi connectivity index (χ3n) is 3.85. The third kappa shape index (κ3) is 3.65. The van der Waals surface area contributed by atoms with E-state index in [9.17, 15) is 4.79 Å². The van der Waals surface area contributed by atoms with E-state index in [1.165, 1.54) is 0 Å². The number of ether oxygens (including phenoxy) is 2. The van der Waals surface area contributed by atoms with Gasteiger partial charge in [0.2, 0.25) is 0 Å². The average molecular weight is 311 g/mol. The van der Waals surface area contributed by atoms with E-state index in [1.54, 1.807) is 12.1 Å². The first-order chi connectivity index (χ1) is 11.3. The topological polar surface area (TPSA) is 47.6 Å². The molecule has 0 saturated carbocycles. The summed E-state index contributed by atoms with van der Waals surface area (Å²) in [7, 11) is 0. The van der Waals surface area contributed by atoms with Crippen molar-refractivity contribution in [2.24, 2.45) is 0 Å². The zero-order chi connectivity index (χ0) is 16.1. The molecule has 0 saturated heterocycles. The van der Waals surface area contributed by atoms with Gasteiger partial charge in [-0.25, -0.2) is 0 Å². The van der Waals surface area contributed by atoms with Crippen molar-refractivity contribution in [2.45, 2.75) is 25.8 Å². The molecule has 0 fully saturated rings. The summed E-state index contributed by atoms with van der Waals surface area (Å²) in [6.45, 7) is 3.36. The maximum absolute atomic E-state index is 12.5. The van der Waals surface area contributed by atoms with Gasteiger partial charge in [0.15, 0.2) is 0 Å². The second kappa shape index (κ2) is 7.18. The number of hydrogen-bond acceptors (Lipinski definition) is 3. The molecule has 1 amide bonds. The first-order valence-corrected chi connectivity index (χ1v) is 8.03. The van der Waals surface area contributed by atoms with Crippen LogP contribution in [0.15, 0.2) is 48.5 Å². The molecular formula is C19H21NO3. The van der Waals surface area contributed by atoms with Crippen LogP contribution in [-0.2, 0) is 0 Å². The molecule has 4 heteroatoms. The molecule has 1 aliphatic rings. The molecule has 1 atom stereocenters. The summed E-state index contributed by atoms with van der Waals surface area (Å²) in [6, 6.07) is 15.1. The maximum atomic E-state index is 12.5. The molecule has 0 bridgehead atoms. The number of amides is 1. The lowest BCUT2D eigenvalue weighted by atomic mass is 10.00. The standard InChI is InChI=1S/C19H21NO3/c1-2-12-22-15-9-7-14(8-10-15)19(21)20-17-11-13-23-18-6-4-3-5-16(17)18/h3-10,17H,2,11-13H2,1H3,(H,20,21)/t17-/m0/s1. The van der Waals surface area contributed by atoms with Crippen LogP contribution in [0.1, 0.15) is 41.7 Å². The van der Waals surface area contributed by atoms with Crippen LogP contribution in [0, 0.1) is 0 Å².